The number of rotatable bonds is 5. The second-order valence-corrected chi connectivity index (χ2v) is 9.79. The minimum atomic E-state index is -0.991. The summed E-state index contributed by atoms with van der Waals surface area (Å²) in [4.78, 5) is 6.27. The normalized spacial score (nSPS) is 25.8. The zero-order chi connectivity index (χ0) is 24.7. The monoisotopic (exact) mass is 479 g/mol. The van der Waals surface area contributed by atoms with Crippen LogP contribution in [0.3, 0.4) is 0 Å². The van der Waals surface area contributed by atoms with Gasteiger partial charge in [0.2, 0.25) is 0 Å². The first-order valence-electron chi connectivity index (χ1n) is 11.8. The summed E-state index contributed by atoms with van der Waals surface area (Å²) in [6, 6.07) is 6.44. The Balaban J connectivity index is 1.36. The molecule has 0 saturated carbocycles. The van der Waals surface area contributed by atoms with E-state index < -0.39 is 6.17 Å². The van der Waals surface area contributed by atoms with Crippen molar-refractivity contribution in [3.8, 4) is 34.1 Å². The zero-order valence-electron chi connectivity index (χ0n) is 20.4. The Morgan fingerprint density at radius 3 is 2.74 bits per heavy atom. The molecule has 3 aromatic rings. The molecule has 1 aromatic carbocycles. The standard InChI is InChI=1S/C25H30FN7O2/c1-14-21(35-4)11-18(30-29-14)15-7-8-16(20(34)10-15)24-27-13-22(31-32-24)33(3)19-12-25(2)9-5-6-17(28-25)23(19)26/h7-8,10-11,13,17,19,23,28,34H,5-6,9,12H2,1-4H3/t17-,19-,23+,25-/m1/s1. The van der Waals surface area contributed by atoms with Gasteiger partial charge in [0.1, 0.15) is 23.4 Å². The molecule has 2 aliphatic rings. The van der Waals surface area contributed by atoms with E-state index in [1.165, 1.54) is 0 Å². The van der Waals surface area contributed by atoms with Crippen LogP contribution in [0.2, 0.25) is 0 Å². The van der Waals surface area contributed by atoms with Crippen molar-refractivity contribution in [1.82, 2.24) is 30.7 Å². The maximum atomic E-state index is 15.2. The second-order valence-electron chi connectivity index (χ2n) is 9.79. The van der Waals surface area contributed by atoms with E-state index in [0.717, 1.165) is 19.3 Å². The van der Waals surface area contributed by atoms with Crippen molar-refractivity contribution < 1.29 is 14.2 Å². The highest BCUT2D eigenvalue weighted by Crippen LogP contribution is 2.38. The number of hydrogen-bond donors (Lipinski definition) is 2. The number of phenolic OH excluding ortho intramolecular Hbond substituents is 1. The molecule has 0 unspecified atom stereocenters. The largest absolute Gasteiger partial charge is 0.507 e. The van der Waals surface area contributed by atoms with Gasteiger partial charge in [-0.15, -0.1) is 15.3 Å². The van der Waals surface area contributed by atoms with Gasteiger partial charge >= 0.3 is 0 Å². The van der Waals surface area contributed by atoms with Crippen LogP contribution in [-0.2, 0) is 0 Å². The first-order valence-corrected chi connectivity index (χ1v) is 11.8. The summed E-state index contributed by atoms with van der Waals surface area (Å²) in [5.41, 5.74) is 2.31. The van der Waals surface area contributed by atoms with Gasteiger partial charge in [-0.2, -0.15) is 5.10 Å². The lowest BCUT2D eigenvalue weighted by molar-refractivity contribution is 0.0607. The van der Waals surface area contributed by atoms with Crippen LogP contribution >= 0.6 is 0 Å². The lowest BCUT2D eigenvalue weighted by Gasteiger charge is -2.51. The zero-order valence-corrected chi connectivity index (χ0v) is 20.4. The summed E-state index contributed by atoms with van der Waals surface area (Å²) in [7, 11) is 3.42. The molecule has 4 atom stereocenters. The summed E-state index contributed by atoms with van der Waals surface area (Å²) < 4.78 is 20.6. The van der Waals surface area contributed by atoms with E-state index in [2.05, 4.69) is 37.6 Å². The molecule has 2 aromatic heterocycles. The van der Waals surface area contributed by atoms with Gasteiger partial charge < -0.3 is 20.1 Å². The average molecular weight is 480 g/mol. The van der Waals surface area contributed by atoms with E-state index in [4.69, 9.17) is 4.74 Å². The van der Waals surface area contributed by atoms with Gasteiger partial charge in [-0.05, 0) is 51.7 Å². The Morgan fingerprint density at radius 2 is 2.03 bits per heavy atom. The molecule has 0 aliphatic carbocycles. The average Bonchev–Trinajstić information content (AvgIpc) is 2.86. The number of anilines is 1. The number of aryl methyl sites for hydroxylation is 1. The first kappa shape index (κ1) is 23.3. The number of nitrogens with zero attached hydrogens (tertiary/aromatic N) is 6. The number of phenols is 1. The minimum absolute atomic E-state index is 0.00493. The van der Waals surface area contributed by atoms with E-state index in [0.29, 0.717) is 40.5 Å². The van der Waals surface area contributed by atoms with Crippen LogP contribution < -0.4 is 15.0 Å². The Hall–Kier alpha value is -3.40. The van der Waals surface area contributed by atoms with Gasteiger partial charge in [-0.1, -0.05) is 6.07 Å². The fourth-order valence-electron chi connectivity index (χ4n) is 5.28. The number of alkyl halides is 1. The number of fused-ring (bicyclic) bond motifs is 2. The molecule has 35 heavy (non-hydrogen) atoms. The highest BCUT2D eigenvalue weighted by atomic mass is 19.1. The van der Waals surface area contributed by atoms with Crippen molar-refractivity contribution in [2.24, 2.45) is 0 Å². The highest BCUT2D eigenvalue weighted by Gasteiger charge is 2.47. The third kappa shape index (κ3) is 4.38. The van der Waals surface area contributed by atoms with Crippen LogP contribution in [-0.4, -0.2) is 68.4 Å². The molecule has 5 rings (SSSR count). The van der Waals surface area contributed by atoms with Crippen LogP contribution in [0.1, 0.15) is 38.3 Å². The summed E-state index contributed by atoms with van der Waals surface area (Å²) in [5, 5.41) is 31.0. The minimum Gasteiger partial charge on any atom is -0.507 e. The van der Waals surface area contributed by atoms with Crippen LogP contribution in [0.5, 0.6) is 11.5 Å². The number of piperidine rings is 2. The van der Waals surface area contributed by atoms with Crippen molar-refractivity contribution in [2.45, 2.75) is 63.3 Å². The molecule has 4 heterocycles. The molecule has 10 heteroatoms. The van der Waals surface area contributed by atoms with Crippen molar-refractivity contribution in [1.29, 1.82) is 0 Å². The van der Waals surface area contributed by atoms with Crippen molar-refractivity contribution in [2.75, 3.05) is 19.1 Å². The summed E-state index contributed by atoms with van der Waals surface area (Å²) in [5.74, 6) is 1.40. The van der Waals surface area contributed by atoms with Gasteiger partial charge in [0, 0.05) is 30.3 Å². The first-order chi connectivity index (χ1) is 16.8. The number of hydrogen-bond acceptors (Lipinski definition) is 9. The molecule has 0 radical (unpaired) electrons. The van der Waals surface area contributed by atoms with Gasteiger partial charge in [0.25, 0.3) is 0 Å². The number of halogens is 1. The van der Waals surface area contributed by atoms with Crippen LogP contribution in [0.4, 0.5) is 10.2 Å². The molecule has 2 aliphatic heterocycles. The Bertz CT molecular complexity index is 1220. The van der Waals surface area contributed by atoms with E-state index in [9.17, 15) is 5.11 Å². The molecule has 2 fully saturated rings. The summed E-state index contributed by atoms with van der Waals surface area (Å²) in [6.07, 6.45) is 4.22. The molecule has 2 saturated heterocycles. The number of nitrogens with one attached hydrogen (secondary N) is 1. The van der Waals surface area contributed by atoms with Gasteiger partial charge in [0.05, 0.1) is 30.6 Å². The van der Waals surface area contributed by atoms with E-state index in [1.54, 1.807) is 37.6 Å². The predicted octanol–water partition coefficient (Wildman–Crippen LogP) is 3.47. The lowest BCUT2D eigenvalue weighted by atomic mass is 9.74. The molecule has 0 spiro atoms. The van der Waals surface area contributed by atoms with E-state index in [1.807, 2.05) is 18.9 Å². The maximum absolute atomic E-state index is 15.2. The third-order valence-corrected chi connectivity index (χ3v) is 7.28. The number of ether oxygens (including phenoxy) is 1. The Kier molecular flexibility index (Phi) is 6.00. The molecule has 0 amide bonds. The quantitative estimate of drug-likeness (QED) is 0.568. The highest BCUT2D eigenvalue weighted by molar-refractivity contribution is 5.71. The van der Waals surface area contributed by atoms with Gasteiger partial charge in [-0.25, -0.2) is 9.37 Å². The summed E-state index contributed by atoms with van der Waals surface area (Å²) >= 11 is 0. The van der Waals surface area contributed by atoms with E-state index in [-0.39, 0.29) is 29.2 Å². The maximum Gasteiger partial charge on any atom is 0.185 e. The summed E-state index contributed by atoms with van der Waals surface area (Å²) in [6.45, 7) is 3.98. The smallest absolute Gasteiger partial charge is 0.185 e. The third-order valence-electron chi connectivity index (χ3n) is 7.28. The fraction of sp³-hybridized carbons (Fsp3) is 0.480. The van der Waals surface area contributed by atoms with Crippen molar-refractivity contribution in [3.63, 3.8) is 0 Å². The predicted molar refractivity (Wildman–Crippen MR) is 130 cm³/mol. The number of methoxy groups -OCH3 is 1. The molecule has 2 bridgehead atoms. The van der Waals surface area contributed by atoms with Crippen molar-refractivity contribution >= 4 is 5.82 Å². The molecular weight excluding hydrogens is 449 g/mol. The molecule has 2 N–H and O–H groups in total. The molecule has 9 nitrogen and oxygen atoms in total. The Morgan fingerprint density at radius 1 is 1.20 bits per heavy atom. The van der Waals surface area contributed by atoms with Gasteiger partial charge in [-0.3, -0.25) is 0 Å². The van der Waals surface area contributed by atoms with Crippen LogP contribution in [0.15, 0.2) is 30.5 Å². The SMILES string of the molecule is COc1cc(-c2ccc(-c3ncc(N(C)[C@@H]4C[C@@]5(C)CCC[C@@H](N5)[C@@H]4F)nn3)c(O)c2)nnc1C. The lowest BCUT2D eigenvalue weighted by Crippen LogP contribution is -2.66. The molecule has 184 valence electrons. The number of aromatic hydroxyl groups is 1. The van der Waals surface area contributed by atoms with Gasteiger partial charge in [0.15, 0.2) is 11.6 Å². The topological polar surface area (TPSA) is 109 Å². The van der Waals surface area contributed by atoms with Crippen LogP contribution in [0.25, 0.3) is 22.6 Å². The van der Waals surface area contributed by atoms with Crippen LogP contribution in [0, 0.1) is 6.92 Å². The number of aromatic nitrogens is 5. The Labute approximate surface area is 203 Å². The molecular formula is C25H30FN7O2. The van der Waals surface area contributed by atoms with E-state index >= 15 is 4.39 Å². The fourth-order valence-corrected chi connectivity index (χ4v) is 5.28. The van der Waals surface area contributed by atoms with Crippen molar-refractivity contribution in [3.05, 3.63) is 36.2 Å². The number of benzene rings is 1. The second kappa shape index (κ2) is 8.99.